The van der Waals surface area contributed by atoms with E-state index in [2.05, 4.69) is 6.58 Å². The van der Waals surface area contributed by atoms with Gasteiger partial charge in [-0.05, 0) is 37.5 Å². The fraction of sp³-hybridized carbons (Fsp3) is 0.781. The van der Waals surface area contributed by atoms with Crippen LogP contribution < -0.4 is 0 Å². The molecule has 4 fully saturated rings. The highest BCUT2D eigenvalue weighted by Crippen LogP contribution is 2.60. The summed E-state index contributed by atoms with van der Waals surface area (Å²) in [4.78, 5) is 65.8. The molecule has 236 valence electrons. The van der Waals surface area contributed by atoms with E-state index in [1.165, 1.54) is 19.9 Å². The molecule has 0 spiro atoms. The zero-order valence-corrected chi connectivity index (χ0v) is 26.0. The summed E-state index contributed by atoms with van der Waals surface area (Å²) in [6.45, 7) is 15.0. The van der Waals surface area contributed by atoms with Crippen LogP contribution in [0.3, 0.4) is 0 Å². The van der Waals surface area contributed by atoms with E-state index in [1.807, 2.05) is 13.8 Å². The Morgan fingerprint density at radius 3 is 2.02 bits per heavy atom. The number of fused-ring (bicyclic) bond motifs is 3. The Hall–Kier alpha value is -2.59. The number of rotatable bonds is 5. The molecule has 0 heterocycles. The molecule has 0 radical (unpaired) electrons. The normalized spacial score (nSPS) is 39.4. The van der Waals surface area contributed by atoms with E-state index in [4.69, 9.17) is 14.2 Å². The average molecular weight is 593 g/mol. The number of esters is 3. The Labute approximate surface area is 248 Å². The van der Waals surface area contributed by atoms with E-state index in [9.17, 15) is 34.2 Å². The molecule has 0 aromatic heterocycles. The predicted octanol–water partition coefficient (Wildman–Crippen LogP) is 3.49. The molecule has 4 aliphatic carbocycles. The van der Waals surface area contributed by atoms with Crippen molar-refractivity contribution in [1.29, 1.82) is 0 Å². The van der Waals surface area contributed by atoms with Gasteiger partial charge in [-0.25, -0.2) is 0 Å². The molecule has 0 saturated heterocycles. The van der Waals surface area contributed by atoms with E-state index in [0.29, 0.717) is 12.8 Å². The van der Waals surface area contributed by atoms with Gasteiger partial charge in [-0.3, -0.25) is 24.0 Å². The Balaban J connectivity index is 0.00000237. The first-order valence-corrected chi connectivity index (χ1v) is 15.3. The maximum absolute atomic E-state index is 14.0. The summed E-state index contributed by atoms with van der Waals surface area (Å²) >= 11 is 0. The third-order valence-electron chi connectivity index (χ3n) is 10.0. The zero-order chi connectivity index (χ0) is 31.8. The number of carbonyl (C=O) groups excluding carboxylic acids is 5. The maximum Gasteiger partial charge on any atom is 0.309 e. The lowest BCUT2D eigenvalue weighted by molar-refractivity contribution is -0.268. The molecule has 42 heavy (non-hydrogen) atoms. The molecular weight excluding hydrogens is 544 g/mol. The molecule has 0 aromatic rings. The molecule has 3 unspecified atom stereocenters. The molecule has 4 rings (SSSR count). The quantitative estimate of drug-likeness (QED) is 0.275. The van der Waals surface area contributed by atoms with Crippen LogP contribution in [-0.2, 0) is 38.2 Å². The summed E-state index contributed by atoms with van der Waals surface area (Å²) in [5, 5.41) is 23.8. The lowest BCUT2D eigenvalue weighted by Gasteiger charge is -2.62. The summed E-state index contributed by atoms with van der Waals surface area (Å²) in [5.74, 6) is -6.66. The molecule has 4 saturated carbocycles. The summed E-state index contributed by atoms with van der Waals surface area (Å²) in [6, 6.07) is 0. The highest BCUT2D eigenvalue weighted by molar-refractivity contribution is 6.06. The van der Waals surface area contributed by atoms with Crippen LogP contribution in [0.5, 0.6) is 0 Å². The predicted molar refractivity (Wildman–Crippen MR) is 152 cm³/mol. The highest BCUT2D eigenvalue weighted by Gasteiger charge is 2.73. The first kappa shape index (κ1) is 33.9. The van der Waals surface area contributed by atoms with Gasteiger partial charge in [0.15, 0.2) is 17.5 Å². The van der Waals surface area contributed by atoms with Gasteiger partial charge < -0.3 is 24.4 Å². The first-order valence-electron chi connectivity index (χ1n) is 15.3. The number of hydrogen-bond donors (Lipinski definition) is 2. The fourth-order valence-corrected chi connectivity index (χ4v) is 7.85. The molecule has 0 bridgehead atoms. The summed E-state index contributed by atoms with van der Waals surface area (Å²) in [7, 11) is 0. The van der Waals surface area contributed by atoms with E-state index in [0.717, 1.165) is 26.2 Å². The lowest BCUT2D eigenvalue weighted by atomic mass is 9.45. The topological polar surface area (TPSA) is 154 Å². The van der Waals surface area contributed by atoms with Gasteiger partial charge in [-0.2, -0.15) is 0 Å². The van der Waals surface area contributed by atoms with E-state index in [-0.39, 0.29) is 18.8 Å². The van der Waals surface area contributed by atoms with Crippen LogP contribution in [0.2, 0.25) is 0 Å². The van der Waals surface area contributed by atoms with Gasteiger partial charge in [0.1, 0.15) is 24.1 Å². The standard InChI is InChI=1S/C30H42O10.C2H6/c1-7-29(6)14-19(33)22-21-18(13-20(38-15(2)31)30(22,37)27(29)36)28(4,5)25(34)24(39-16(3)32)23(21)40-26(35)17-11-9-8-10-12-17;1-2/h7,17-18,20-25,34,37H,1,8-14H2,2-6H3;1-2H3/t18?,20-,21?,22?,23-,24-,25-,29+,30+;/m1./s1. The van der Waals surface area contributed by atoms with Crippen molar-refractivity contribution in [2.24, 2.45) is 34.5 Å². The minimum absolute atomic E-state index is 0.0855. The van der Waals surface area contributed by atoms with Gasteiger partial charge in [0.05, 0.1) is 17.3 Å². The van der Waals surface area contributed by atoms with Gasteiger partial charge in [0.25, 0.3) is 0 Å². The number of hydrogen-bond acceptors (Lipinski definition) is 10. The fourth-order valence-electron chi connectivity index (χ4n) is 7.85. The molecule has 0 amide bonds. The molecule has 0 aliphatic heterocycles. The lowest BCUT2D eigenvalue weighted by Crippen LogP contribution is -2.76. The molecule has 2 N–H and O–H groups in total. The third kappa shape index (κ3) is 5.68. The van der Waals surface area contributed by atoms with Crippen molar-refractivity contribution in [3.63, 3.8) is 0 Å². The Kier molecular flexibility index (Phi) is 10.1. The molecular formula is C32H48O10. The van der Waals surface area contributed by atoms with Crippen LogP contribution in [0, 0.1) is 34.5 Å². The van der Waals surface area contributed by atoms with Crippen LogP contribution in [0.4, 0.5) is 0 Å². The summed E-state index contributed by atoms with van der Waals surface area (Å²) in [6.07, 6.45) is -0.415. The van der Waals surface area contributed by atoms with Crippen molar-refractivity contribution in [3.05, 3.63) is 12.7 Å². The second-order valence-electron chi connectivity index (χ2n) is 13.0. The van der Waals surface area contributed by atoms with Crippen LogP contribution >= 0.6 is 0 Å². The zero-order valence-electron chi connectivity index (χ0n) is 26.0. The number of ketones is 2. The number of Topliss-reactive ketones (excluding diaryl/α,β-unsaturated/α-hetero) is 2. The van der Waals surface area contributed by atoms with Crippen molar-refractivity contribution in [2.75, 3.05) is 0 Å². The molecule has 0 aromatic carbocycles. The van der Waals surface area contributed by atoms with Crippen molar-refractivity contribution in [1.82, 2.24) is 0 Å². The number of aliphatic hydroxyl groups excluding tert-OH is 1. The second kappa shape index (κ2) is 12.6. The van der Waals surface area contributed by atoms with Crippen LogP contribution in [0.25, 0.3) is 0 Å². The first-order chi connectivity index (χ1) is 19.6. The third-order valence-corrected chi connectivity index (χ3v) is 10.0. The van der Waals surface area contributed by atoms with E-state index >= 15 is 0 Å². The number of allylic oxidation sites excluding steroid dienone is 1. The maximum atomic E-state index is 14.0. The monoisotopic (exact) mass is 592 g/mol. The van der Waals surface area contributed by atoms with Gasteiger partial charge in [-0.15, -0.1) is 6.58 Å². The smallest absolute Gasteiger partial charge is 0.309 e. The highest BCUT2D eigenvalue weighted by atomic mass is 16.6. The number of aliphatic hydroxyl groups is 2. The van der Waals surface area contributed by atoms with Crippen LogP contribution in [0.1, 0.15) is 93.4 Å². The number of carbonyl (C=O) groups is 5. The van der Waals surface area contributed by atoms with E-state index < -0.39 is 88.1 Å². The SMILES string of the molecule is C=C[C@@]1(C)CC(=O)C2C3C(C[C@@H](OC(C)=O)[C@@]2(O)C1=O)C(C)(C)[C@H](O)[C@H](OC(C)=O)[C@@H]3OC(=O)C1CCCCC1.CC. The van der Waals surface area contributed by atoms with Gasteiger partial charge in [0.2, 0.25) is 0 Å². The van der Waals surface area contributed by atoms with E-state index in [1.54, 1.807) is 13.8 Å². The molecule has 10 nitrogen and oxygen atoms in total. The summed E-state index contributed by atoms with van der Waals surface area (Å²) in [5.41, 5.74) is -4.92. The van der Waals surface area contributed by atoms with Gasteiger partial charge in [0, 0.05) is 26.2 Å². The van der Waals surface area contributed by atoms with Crippen LogP contribution in [-0.4, -0.2) is 69.7 Å². The summed E-state index contributed by atoms with van der Waals surface area (Å²) < 4.78 is 17.2. The Morgan fingerprint density at radius 2 is 1.50 bits per heavy atom. The minimum Gasteiger partial charge on any atom is -0.459 e. The minimum atomic E-state index is -2.44. The Morgan fingerprint density at radius 1 is 0.929 bits per heavy atom. The molecule has 4 aliphatic rings. The average Bonchev–Trinajstić information content (AvgIpc) is 2.94. The molecule has 10 heteroatoms. The number of ether oxygens (including phenoxy) is 3. The van der Waals surface area contributed by atoms with Gasteiger partial charge in [-0.1, -0.05) is 53.0 Å². The largest absolute Gasteiger partial charge is 0.459 e. The van der Waals surface area contributed by atoms with Crippen molar-refractivity contribution in [2.45, 2.75) is 123 Å². The molecule has 9 atom stereocenters. The van der Waals surface area contributed by atoms with Crippen molar-refractivity contribution >= 4 is 29.5 Å². The van der Waals surface area contributed by atoms with Crippen molar-refractivity contribution in [3.8, 4) is 0 Å². The second-order valence-corrected chi connectivity index (χ2v) is 13.0. The van der Waals surface area contributed by atoms with Gasteiger partial charge >= 0.3 is 17.9 Å². The van der Waals surface area contributed by atoms with Crippen LogP contribution in [0.15, 0.2) is 12.7 Å². The van der Waals surface area contributed by atoms with Crippen molar-refractivity contribution < 1.29 is 48.4 Å². The Bertz CT molecular complexity index is 1090.